The first-order valence-corrected chi connectivity index (χ1v) is 5.62. The van der Waals surface area contributed by atoms with E-state index in [4.69, 9.17) is 11.6 Å². The van der Waals surface area contributed by atoms with Crippen LogP contribution < -0.4 is 0 Å². The van der Waals surface area contributed by atoms with E-state index in [9.17, 15) is 4.79 Å². The molecule has 0 aliphatic rings. The van der Waals surface area contributed by atoms with E-state index in [1.807, 2.05) is 36.4 Å². The molecule has 1 heterocycles. The standard InChI is InChI=1S/C14H8ClNO.ClH/c15-14(17)10-5-3-7-13-11(10)8-9-4-1-2-6-12(9)16-13;/h1-8H;1H. The Morgan fingerprint density at radius 3 is 2.50 bits per heavy atom. The fourth-order valence-corrected chi connectivity index (χ4v) is 2.14. The van der Waals surface area contributed by atoms with Crippen molar-refractivity contribution in [1.82, 2.24) is 4.98 Å². The van der Waals surface area contributed by atoms with Gasteiger partial charge in [0.25, 0.3) is 5.24 Å². The van der Waals surface area contributed by atoms with Gasteiger partial charge in [0.05, 0.1) is 11.0 Å². The summed E-state index contributed by atoms with van der Waals surface area (Å²) in [5.41, 5.74) is 2.21. The zero-order chi connectivity index (χ0) is 11.8. The lowest BCUT2D eigenvalue weighted by Crippen LogP contribution is -1.92. The molecule has 3 rings (SSSR count). The lowest BCUT2D eigenvalue weighted by Gasteiger charge is -2.04. The molecular weight excluding hydrogens is 269 g/mol. The molecule has 0 bridgehead atoms. The van der Waals surface area contributed by atoms with Crippen molar-refractivity contribution in [3.05, 3.63) is 54.1 Å². The van der Waals surface area contributed by atoms with Crippen molar-refractivity contribution in [3.63, 3.8) is 0 Å². The summed E-state index contributed by atoms with van der Waals surface area (Å²) in [5.74, 6) is 0. The third kappa shape index (κ3) is 2.05. The fraction of sp³-hybridized carbons (Fsp3) is 0. The minimum absolute atomic E-state index is 0. The minimum atomic E-state index is -0.451. The van der Waals surface area contributed by atoms with Crippen LogP contribution in [0.1, 0.15) is 10.4 Å². The number of nitrogens with zero attached hydrogens (tertiary/aromatic N) is 1. The van der Waals surface area contributed by atoms with Gasteiger partial charge in [0.15, 0.2) is 0 Å². The molecular formula is C14H9Cl2NO. The molecule has 18 heavy (non-hydrogen) atoms. The number of para-hydroxylation sites is 1. The number of benzene rings is 2. The molecule has 0 spiro atoms. The van der Waals surface area contributed by atoms with E-state index in [0.717, 1.165) is 21.8 Å². The quantitative estimate of drug-likeness (QED) is 0.493. The van der Waals surface area contributed by atoms with Gasteiger partial charge in [-0.05, 0) is 35.9 Å². The Kier molecular flexibility index (Phi) is 3.50. The summed E-state index contributed by atoms with van der Waals surface area (Å²) in [5, 5.41) is 1.35. The molecule has 1 aromatic heterocycles. The fourth-order valence-electron chi connectivity index (χ4n) is 1.97. The SMILES string of the molecule is Cl.O=C(Cl)c1cccc2nc3ccccc3cc12. The highest BCUT2D eigenvalue weighted by Gasteiger charge is 2.08. The third-order valence-corrected chi connectivity index (χ3v) is 2.98. The predicted molar refractivity (Wildman–Crippen MR) is 76.7 cm³/mol. The van der Waals surface area contributed by atoms with E-state index in [-0.39, 0.29) is 12.4 Å². The average molecular weight is 278 g/mol. The van der Waals surface area contributed by atoms with Crippen molar-refractivity contribution >= 4 is 51.1 Å². The first-order chi connectivity index (χ1) is 8.25. The molecule has 0 unspecified atom stereocenters. The van der Waals surface area contributed by atoms with Crippen LogP contribution in [0.3, 0.4) is 0 Å². The number of hydrogen-bond acceptors (Lipinski definition) is 2. The molecule has 0 saturated carbocycles. The maximum atomic E-state index is 11.3. The summed E-state index contributed by atoms with van der Waals surface area (Å²) in [7, 11) is 0. The predicted octanol–water partition coefficient (Wildman–Crippen LogP) is 4.19. The van der Waals surface area contributed by atoms with Crippen LogP contribution in [-0.4, -0.2) is 10.2 Å². The molecule has 0 aliphatic carbocycles. The third-order valence-electron chi connectivity index (χ3n) is 2.77. The van der Waals surface area contributed by atoms with Crippen LogP contribution in [0, 0.1) is 0 Å². The van der Waals surface area contributed by atoms with Crippen molar-refractivity contribution in [2.24, 2.45) is 0 Å². The van der Waals surface area contributed by atoms with Crippen LogP contribution in [0.2, 0.25) is 0 Å². The molecule has 0 N–H and O–H groups in total. The largest absolute Gasteiger partial charge is 0.276 e. The molecule has 4 heteroatoms. The molecule has 3 aromatic rings. The average Bonchev–Trinajstić information content (AvgIpc) is 2.35. The summed E-state index contributed by atoms with van der Waals surface area (Å²) in [6.07, 6.45) is 0. The van der Waals surface area contributed by atoms with Crippen LogP contribution in [0.25, 0.3) is 21.8 Å². The Morgan fingerprint density at radius 1 is 1.00 bits per heavy atom. The van der Waals surface area contributed by atoms with Gasteiger partial charge in [0.2, 0.25) is 0 Å². The van der Waals surface area contributed by atoms with Crippen molar-refractivity contribution in [1.29, 1.82) is 0 Å². The van der Waals surface area contributed by atoms with E-state index in [0.29, 0.717) is 5.56 Å². The van der Waals surface area contributed by atoms with Crippen molar-refractivity contribution in [2.45, 2.75) is 0 Å². The smallest absolute Gasteiger partial charge is 0.253 e. The van der Waals surface area contributed by atoms with Gasteiger partial charge in [0, 0.05) is 16.3 Å². The minimum Gasteiger partial charge on any atom is -0.276 e. The highest BCUT2D eigenvalue weighted by atomic mass is 35.5. The lowest BCUT2D eigenvalue weighted by molar-refractivity contribution is 0.108. The van der Waals surface area contributed by atoms with E-state index >= 15 is 0 Å². The molecule has 90 valence electrons. The number of halogens is 2. The van der Waals surface area contributed by atoms with Gasteiger partial charge in [0.1, 0.15) is 0 Å². The maximum absolute atomic E-state index is 11.3. The number of carbonyl (C=O) groups excluding carboxylic acids is 1. The van der Waals surface area contributed by atoms with Crippen molar-refractivity contribution in [2.75, 3.05) is 0 Å². The lowest BCUT2D eigenvalue weighted by atomic mass is 10.1. The Hall–Kier alpha value is -1.64. The zero-order valence-corrected chi connectivity index (χ0v) is 10.8. The van der Waals surface area contributed by atoms with Crippen LogP contribution in [0.4, 0.5) is 0 Å². The van der Waals surface area contributed by atoms with E-state index in [1.165, 1.54) is 0 Å². The number of pyridine rings is 1. The van der Waals surface area contributed by atoms with Gasteiger partial charge < -0.3 is 0 Å². The molecule has 0 atom stereocenters. The summed E-state index contributed by atoms with van der Waals surface area (Å²) < 4.78 is 0. The molecule has 2 aromatic carbocycles. The first-order valence-electron chi connectivity index (χ1n) is 5.24. The molecule has 0 saturated heterocycles. The van der Waals surface area contributed by atoms with Gasteiger partial charge >= 0.3 is 0 Å². The summed E-state index contributed by atoms with van der Waals surface area (Å²) in [4.78, 5) is 15.8. The second kappa shape index (κ2) is 4.92. The molecule has 0 aliphatic heterocycles. The normalized spacial score (nSPS) is 10.3. The summed E-state index contributed by atoms with van der Waals surface area (Å²) in [6.45, 7) is 0. The van der Waals surface area contributed by atoms with Crippen molar-refractivity contribution in [3.8, 4) is 0 Å². The Bertz CT molecular complexity index is 740. The Morgan fingerprint density at radius 2 is 1.72 bits per heavy atom. The molecule has 2 nitrogen and oxygen atoms in total. The van der Waals surface area contributed by atoms with Gasteiger partial charge in [-0.2, -0.15) is 0 Å². The van der Waals surface area contributed by atoms with Crippen LogP contribution in [-0.2, 0) is 0 Å². The topological polar surface area (TPSA) is 30.0 Å². The van der Waals surface area contributed by atoms with E-state index < -0.39 is 5.24 Å². The summed E-state index contributed by atoms with van der Waals surface area (Å²) in [6, 6.07) is 15.1. The zero-order valence-electron chi connectivity index (χ0n) is 9.26. The van der Waals surface area contributed by atoms with Crippen LogP contribution in [0.5, 0.6) is 0 Å². The first kappa shape index (κ1) is 12.8. The Balaban J connectivity index is 0.00000120. The van der Waals surface area contributed by atoms with Crippen molar-refractivity contribution < 1.29 is 4.79 Å². The highest BCUT2D eigenvalue weighted by Crippen LogP contribution is 2.23. The van der Waals surface area contributed by atoms with E-state index in [2.05, 4.69) is 4.98 Å². The molecule has 0 amide bonds. The maximum Gasteiger partial charge on any atom is 0.253 e. The number of rotatable bonds is 1. The second-order valence-corrected chi connectivity index (χ2v) is 4.17. The van der Waals surface area contributed by atoms with Gasteiger partial charge in [-0.25, -0.2) is 4.98 Å². The van der Waals surface area contributed by atoms with Crippen LogP contribution in [0.15, 0.2) is 48.5 Å². The molecule has 0 fully saturated rings. The summed E-state index contributed by atoms with van der Waals surface area (Å²) >= 11 is 5.57. The number of carbonyl (C=O) groups is 1. The van der Waals surface area contributed by atoms with Gasteiger partial charge in [-0.15, -0.1) is 12.4 Å². The van der Waals surface area contributed by atoms with E-state index in [1.54, 1.807) is 12.1 Å². The number of aromatic nitrogens is 1. The van der Waals surface area contributed by atoms with Gasteiger partial charge in [-0.3, -0.25) is 4.79 Å². The monoisotopic (exact) mass is 277 g/mol. The number of hydrogen-bond donors (Lipinski definition) is 0. The van der Waals surface area contributed by atoms with Crippen LogP contribution >= 0.6 is 24.0 Å². The Labute approximate surface area is 115 Å². The van der Waals surface area contributed by atoms with Gasteiger partial charge in [-0.1, -0.05) is 24.3 Å². The highest BCUT2D eigenvalue weighted by molar-refractivity contribution is 6.68. The molecule has 0 radical (unpaired) electrons. The number of fused-ring (bicyclic) bond motifs is 2. The second-order valence-electron chi connectivity index (χ2n) is 3.83.